The van der Waals surface area contributed by atoms with E-state index < -0.39 is 21.2 Å². The van der Waals surface area contributed by atoms with Crippen molar-refractivity contribution in [2.75, 3.05) is 24.7 Å². The molecule has 0 aromatic heterocycles. The minimum absolute atomic E-state index is 0.0388. The number of hydrogen-bond donors (Lipinski definition) is 1. The first-order chi connectivity index (χ1) is 7.38. The van der Waals surface area contributed by atoms with Crippen LogP contribution in [0.4, 0.5) is 0 Å². The second-order valence-corrected chi connectivity index (χ2v) is 6.60. The van der Waals surface area contributed by atoms with E-state index in [0.717, 1.165) is 0 Å². The highest BCUT2D eigenvalue weighted by Gasteiger charge is 2.61. The molecule has 0 amide bonds. The maximum Gasteiger partial charge on any atom is 0.312 e. The monoisotopic (exact) mass is 250 g/mol. The molecule has 0 heterocycles. The van der Waals surface area contributed by atoms with Crippen LogP contribution in [0.2, 0.25) is 0 Å². The van der Waals surface area contributed by atoms with Gasteiger partial charge in [0, 0.05) is 12.4 Å². The third-order valence-corrected chi connectivity index (χ3v) is 4.91. The SMILES string of the molecule is CCOC[C@@]1(C(=O)O)C[C@@H]1CS(=O)(=O)CC. The molecule has 0 aromatic rings. The van der Waals surface area contributed by atoms with Gasteiger partial charge in [-0.25, -0.2) is 8.42 Å². The van der Waals surface area contributed by atoms with Gasteiger partial charge in [0.1, 0.15) is 9.84 Å². The van der Waals surface area contributed by atoms with Crippen LogP contribution in [0.15, 0.2) is 0 Å². The maximum absolute atomic E-state index is 11.4. The first kappa shape index (κ1) is 13.4. The summed E-state index contributed by atoms with van der Waals surface area (Å²) in [5.74, 6) is -1.21. The molecule has 0 spiro atoms. The Kier molecular flexibility index (Phi) is 3.96. The van der Waals surface area contributed by atoms with Gasteiger partial charge in [-0.3, -0.25) is 4.79 Å². The van der Waals surface area contributed by atoms with Gasteiger partial charge in [-0.1, -0.05) is 6.92 Å². The van der Waals surface area contributed by atoms with Gasteiger partial charge >= 0.3 is 5.97 Å². The van der Waals surface area contributed by atoms with Gasteiger partial charge in [0.15, 0.2) is 0 Å². The Balaban J connectivity index is 2.64. The van der Waals surface area contributed by atoms with Crippen LogP contribution in [0, 0.1) is 11.3 Å². The predicted molar refractivity (Wildman–Crippen MR) is 59.0 cm³/mol. The predicted octanol–water partition coefficient (Wildman–Crippen LogP) is 0.549. The number of carbonyl (C=O) groups is 1. The van der Waals surface area contributed by atoms with Crippen molar-refractivity contribution in [3.05, 3.63) is 0 Å². The first-order valence-corrected chi connectivity index (χ1v) is 7.21. The van der Waals surface area contributed by atoms with Crippen molar-refractivity contribution in [3.63, 3.8) is 0 Å². The van der Waals surface area contributed by atoms with Crippen molar-refractivity contribution >= 4 is 15.8 Å². The van der Waals surface area contributed by atoms with Gasteiger partial charge in [-0.2, -0.15) is 0 Å². The van der Waals surface area contributed by atoms with E-state index in [2.05, 4.69) is 0 Å². The molecule has 1 N–H and O–H groups in total. The van der Waals surface area contributed by atoms with Gasteiger partial charge in [-0.15, -0.1) is 0 Å². The number of sulfone groups is 1. The molecular weight excluding hydrogens is 232 g/mol. The zero-order valence-electron chi connectivity index (χ0n) is 9.60. The summed E-state index contributed by atoms with van der Waals surface area (Å²) in [6.45, 7) is 3.92. The smallest absolute Gasteiger partial charge is 0.312 e. The summed E-state index contributed by atoms with van der Waals surface area (Å²) in [5.41, 5.74) is -0.960. The number of hydrogen-bond acceptors (Lipinski definition) is 4. The molecule has 1 saturated carbocycles. The Morgan fingerprint density at radius 2 is 2.12 bits per heavy atom. The lowest BCUT2D eigenvalue weighted by Crippen LogP contribution is -2.26. The van der Waals surface area contributed by atoms with Crippen molar-refractivity contribution < 1.29 is 23.1 Å². The van der Waals surface area contributed by atoms with E-state index in [9.17, 15) is 13.2 Å². The Hall–Kier alpha value is -0.620. The van der Waals surface area contributed by atoms with E-state index in [0.29, 0.717) is 13.0 Å². The Morgan fingerprint density at radius 1 is 1.50 bits per heavy atom. The van der Waals surface area contributed by atoms with Crippen LogP contribution in [-0.2, 0) is 19.4 Å². The summed E-state index contributed by atoms with van der Waals surface area (Å²) in [6.07, 6.45) is 0.404. The van der Waals surface area contributed by atoms with Crippen LogP contribution in [0.25, 0.3) is 0 Å². The molecule has 0 bridgehead atoms. The number of ether oxygens (including phenoxy) is 1. The molecule has 0 radical (unpaired) electrons. The standard InChI is InChI=1S/C10H18O5S/c1-3-15-7-10(9(11)12)5-8(10)6-16(13,14)4-2/h8H,3-7H2,1-2H3,(H,11,12)/t8-,10+/m1/s1. The minimum Gasteiger partial charge on any atom is -0.481 e. The lowest BCUT2D eigenvalue weighted by molar-refractivity contribution is -0.146. The Morgan fingerprint density at radius 3 is 2.56 bits per heavy atom. The zero-order valence-corrected chi connectivity index (χ0v) is 10.4. The molecule has 94 valence electrons. The van der Waals surface area contributed by atoms with Gasteiger partial charge in [-0.05, 0) is 19.3 Å². The van der Waals surface area contributed by atoms with Gasteiger partial charge in [0.05, 0.1) is 17.8 Å². The largest absolute Gasteiger partial charge is 0.481 e. The van der Waals surface area contributed by atoms with Crippen LogP contribution in [-0.4, -0.2) is 44.2 Å². The molecule has 0 saturated heterocycles. The number of carboxylic acids is 1. The second-order valence-electron chi connectivity index (χ2n) is 4.20. The average Bonchev–Trinajstić information content (AvgIpc) is 2.89. The normalized spacial score (nSPS) is 29.0. The van der Waals surface area contributed by atoms with Crippen molar-refractivity contribution in [3.8, 4) is 0 Å². The average molecular weight is 250 g/mol. The number of rotatable bonds is 7. The molecule has 6 heteroatoms. The highest BCUT2D eigenvalue weighted by Crippen LogP contribution is 2.53. The van der Waals surface area contributed by atoms with Crippen LogP contribution >= 0.6 is 0 Å². The summed E-state index contributed by atoms with van der Waals surface area (Å²) in [6, 6.07) is 0. The molecule has 1 fully saturated rings. The highest BCUT2D eigenvalue weighted by molar-refractivity contribution is 7.91. The second kappa shape index (κ2) is 4.71. The van der Waals surface area contributed by atoms with Crippen LogP contribution < -0.4 is 0 Å². The van der Waals surface area contributed by atoms with Gasteiger partial charge in [0.25, 0.3) is 0 Å². The molecule has 0 aliphatic heterocycles. The van der Waals surface area contributed by atoms with E-state index >= 15 is 0 Å². The summed E-state index contributed by atoms with van der Waals surface area (Å²) in [4.78, 5) is 11.1. The minimum atomic E-state index is -3.10. The van der Waals surface area contributed by atoms with Crippen molar-refractivity contribution in [1.29, 1.82) is 0 Å². The molecule has 1 aliphatic carbocycles. The molecule has 0 aromatic carbocycles. The zero-order chi connectivity index (χ0) is 12.4. The van der Waals surface area contributed by atoms with E-state index in [1.807, 2.05) is 0 Å². The molecule has 16 heavy (non-hydrogen) atoms. The Bertz CT molecular complexity index is 361. The maximum atomic E-state index is 11.4. The molecule has 1 aliphatic rings. The van der Waals surface area contributed by atoms with E-state index in [4.69, 9.17) is 9.84 Å². The summed E-state index contributed by atoms with van der Waals surface area (Å²) in [7, 11) is -3.10. The summed E-state index contributed by atoms with van der Waals surface area (Å²) >= 11 is 0. The fraction of sp³-hybridized carbons (Fsp3) is 0.900. The third-order valence-electron chi connectivity index (χ3n) is 3.12. The van der Waals surface area contributed by atoms with Crippen LogP contribution in [0.3, 0.4) is 0 Å². The molecule has 0 unspecified atom stereocenters. The van der Waals surface area contributed by atoms with Crippen molar-refractivity contribution in [2.24, 2.45) is 11.3 Å². The lowest BCUT2D eigenvalue weighted by Gasteiger charge is -2.11. The molecule has 2 atom stereocenters. The molecular formula is C10H18O5S. The van der Waals surface area contributed by atoms with Gasteiger partial charge in [0.2, 0.25) is 0 Å². The Labute approximate surface area is 95.7 Å². The third kappa shape index (κ3) is 2.74. The summed E-state index contributed by atoms with van der Waals surface area (Å²) < 4.78 is 27.9. The number of aliphatic carboxylic acids is 1. The number of carboxylic acid groups (broad SMARTS) is 1. The fourth-order valence-electron chi connectivity index (χ4n) is 1.81. The molecule has 5 nitrogen and oxygen atoms in total. The molecule has 1 rings (SSSR count). The van der Waals surface area contributed by atoms with E-state index in [-0.39, 0.29) is 24.0 Å². The topological polar surface area (TPSA) is 80.7 Å². The van der Waals surface area contributed by atoms with Gasteiger partial charge < -0.3 is 9.84 Å². The first-order valence-electron chi connectivity index (χ1n) is 5.39. The van der Waals surface area contributed by atoms with Crippen molar-refractivity contribution in [1.82, 2.24) is 0 Å². The van der Waals surface area contributed by atoms with E-state index in [1.54, 1.807) is 13.8 Å². The highest BCUT2D eigenvalue weighted by atomic mass is 32.2. The quantitative estimate of drug-likeness (QED) is 0.713. The fourth-order valence-corrected chi connectivity index (χ4v) is 3.09. The van der Waals surface area contributed by atoms with E-state index in [1.165, 1.54) is 0 Å². The van der Waals surface area contributed by atoms with Crippen LogP contribution in [0.1, 0.15) is 20.3 Å². The van der Waals surface area contributed by atoms with Crippen LogP contribution in [0.5, 0.6) is 0 Å². The van der Waals surface area contributed by atoms with Crippen molar-refractivity contribution in [2.45, 2.75) is 20.3 Å². The summed E-state index contributed by atoms with van der Waals surface area (Å²) in [5, 5.41) is 9.10. The lowest BCUT2D eigenvalue weighted by atomic mass is 10.1.